The number of hydrogen-bond donors (Lipinski definition) is 0. The summed E-state index contributed by atoms with van der Waals surface area (Å²) in [6.45, 7) is 1.15. The SMILES string of the molecule is COCCn1c(Cc2ccc(-c3cccc(OCc4cccnc4OC)n3)cc2F)nc2ccc(C(=O)OC)cc21. The predicted molar refractivity (Wildman–Crippen MR) is 151 cm³/mol. The second-order valence-corrected chi connectivity index (χ2v) is 9.17. The second kappa shape index (κ2) is 12.6. The van der Waals surface area contributed by atoms with E-state index in [4.69, 9.17) is 23.9 Å². The van der Waals surface area contributed by atoms with E-state index in [1.807, 2.05) is 28.8 Å². The highest BCUT2D eigenvalue weighted by Crippen LogP contribution is 2.26. The number of hydrogen-bond acceptors (Lipinski definition) is 8. The number of imidazole rings is 1. The maximum absolute atomic E-state index is 15.4. The molecule has 0 spiro atoms. The van der Waals surface area contributed by atoms with Crippen LogP contribution in [-0.2, 0) is 29.0 Å². The first-order chi connectivity index (χ1) is 20.0. The molecule has 3 heterocycles. The minimum atomic E-state index is -0.436. The zero-order chi connectivity index (χ0) is 28.8. The Morgan fingerprint density at radius 1 is 0.951 bits per heavy atom. The largest absolute Gasteiger partial charge is 0.481 e. The monoisotopic (exact) mass is 556 g/mol. The highest BCUT2D eigenvalue weighted by Gasteiger charge is 2.17. The number of ether oxygens (including phenoxy) is 4. The number of carbonyl (C=O) groups excluding carboxylic acids is 1. The summed E-state index contributed by atoms with van der Waals surface area (Å²) in [6, 6.07) is 19.2. The highest BCUT2D eigenvalue weighted by atomic mass is 19.1. The van der Waals surface area contributed by atoms with E-state index in [-0.39, 0.29) is 18.8 Å². The van der Waals surface area contributed by atoms with Gasteiger partial charge in [-0.3, -0.25) is 0 Å². The van der Waals surface area contributed by atoms with Crippen LogP contribution in [0.15, 0.2) is 72.9 Å². The van der Waals surface area contributed by atoms with Crippen molar-refractivity contribution in [3.63, 3.8) is 0 Å². The molecule has 5 rings (SSSR count). The van der Waals surface area contributed by atoms with Crippen LogP contribution in [-0.4, -0.2) is 53.4 Å². The number of benzene rings is 2. The number of methoxy groups -OCH3 is 3. The van der Waals surface area contributed by atoms with Crippen molar-refractivity contribution >= 4 is 17.0 Å². The third kappa shape index (κ3) is 6.17. The van der Waals surface area contributed by atoms with Crippen LogP contribution in [0.3, 0.4) is 0 Å². The quantitative estimate of drug-likeness (QED) is 0.204. The van der Waals surface area contributed by atoms with E-state index in [0.29, 0.717) is 58.6 Å². The molecule has 0 fully saturated rings. The van der Waals surface area contributed by atoms with Crippen molar-refractivity contribution in [1.29, 1.82) is 0 Å². The van der Waals surface area contributed by atoms with Gasteiger partial charge in [0.2, 0.25) is 11.8 Å². The van der Waals surface area contributed by atoms with Gasteiger partial charge >= 0.3 is 5.97 Å². The predicted octanol–water partition coefficient (Wildman–Crippen LogP) is 5.24. The first-order valence-electron chi connectivity index (χ1n) is 12.9. The number of pyridine rings is 2. The van der Waals surface area contributed by atoms with Gasteiger partial charge in [-0.25, -0.2) is 24.1 Å². The zero-order valence-electron chi connectivity index (χ0n) is 23.0. The van der Waals surface area contributed by atoms with Crippen LogP contribution in [0.5, 0.6) is 11.8 Å². The molecule has 0 atom stereocenters. The van der Waals surface area contributed by atoms with Gasteiger partial charge in [0, 0.05) is 37.9 Å². The molecule has 0 unspecified atom stereocenters. The van der Waals surface area contributed by atoms with E-state index in [1.54, 1.807) is 56.8 Å². The van der Waals surface area contributed by atoms with Gasteiger partial charge in [-0.1, -0.05) is 18.2 Å². The topological polar surface area (TPSA) is 97.6 Å². The number of fused-ring (bicyclic) bond motifs is 1. The maximum Gasteiger partial charge on any atom is 0.337 e. The molecule has 0 amide bonds. The molecule has 0 saturated carbocycles. The van der Waals surface area contributed by atoms with Crippen LogP contribution >= 0.6 is 0 Å². The normalized spacial score (nSPS) is 11.0. The van der Waals surface area contributed by atoms with E-state index in [1.165, 1.54) is 13.2 Å². The molecule has 0 aliphatic heterocycles. The lowest BCUT2D eigenvalue weighted by atomic mass is 10.1. The molecule has 41 heavy (non-hydrogen) atoms. The van der Waals surface area contributed by atoms with Crippen molar-refractivity contribution in [2.45, 2.75) is 19.6 Å². The van der Waals surface area contributed by atoms with Gasteiger partial charge in [-0.15, -0.1) is 0 Å². The van der Waals surface area contributed by atoms with Crippen LogP contribution in [0, 0.1) is 5.82 Å². The fourth-order valence-corrected chi connectivity index (χ4v) is 4.53. The van der Waals surface area contributed by atoms with Gasteiger partial charge in [0.1, 0.15) is 18.2 Å². The summed E-state index contributed by atoms with van der Waals surface area (Å²) in [6.07, 6.45) is 1.90. The van der Waals surface area contributed by atoms with Gasteiger partial charge in [0.05, 0.1) is 48.7 Å². The molecular formula is C31H29FN4O5. The molecule has 0 radical (unpaired) electrons. The molecule has 3 aromatic heterocycles. The Morgan fingerprint density at radius 2 is 1.83 bits per heavy atom. The lowest BCUT2D eigenvalue weighted by molar-refractivity contribution is 0.0601. The summed E-state index contributed by atoms with van der Waals surface area (Å²) in [5.41, 5.74) is 4.33. The van der Waals surface area contributed by atoms with Gasteiger partial charge < -0.3 is 23.5 Å². The van der Waals surface area contributed by atoms with E-state index in [9.17, 15) is 4.79 Å². The minimum Gasteiger partial charge on any atom is -0.481 e. The van der Waals surface area contributed by atoms with E-state index >= 15 is 4.39 Å². The van der Waals surface area contributed by atoms with E-state index in [0.717, 1.165) is 11.1 Å². The number of esters is 1. The summed E-state index contributed by atoms with van der Waals surface area (Å²) < 4.78 is 38.6. The number of rotatable bonds is 11. The van der Waals surface area contributed by atoms with Gasteiger partial charge in [0.25, 0.3) is 0 Å². The fourth-order valence-electron chi connectivity index (χ4n) is 4.53. The van der Waals surface area contributed by atoms with Crippen LogP contribution < -0.4 is 9.47 Å². The molecule has 9 nitrogen and oxygen atoms in total. The molecule has 2 aromatic carbocycles. The van der Waals surface area contributed by atoms with Gasteiger partial charge in [-0.2, -0.15) is 0 Å². The lowest BCUT2D eigenvalue weighted by Crippen LogP contribution is -2.10. The minimum absolute atomic E-state index is 0.228. The second-order valence-electron chi connectivity index (χ2n) is 9.17. The number of aromatic nitrogens is 4. The molecule has 0 aliphatic carbocycles. The summed E-state index contributed by atoms with van der Waals surface area (Å²) in [5, 5.41) is 0. The van der Waals surface area contributed by atoms with Gasteiger partial charge in [0.15, 0.2) is 0 Å². The molecule has 0 aliphatic rings. The van der Waals surface area contributed by atoms with Crippen molar-refractivity contribution < 1.29 is 28.1 Å². The summed E-state index contributed by atoms with van der Waals surface area (Å²) in [7, 11) is 4.51. The molecular weight excluding hydrogens is 527 g/mol. The molecule has 0 N–H and O–H groups in total. The van der Waals surface area contributed by atoms with E-state index in [2.05, 4.69) is 9.97 Å². The average Bonchev–Trinajstić information content (AvgIpc) is 3.35. The van der Waals surface area contributed by atoms with Crippen molar-refractivity contribution in [2.75, 3.05) is 27.9 Å². The number of nitrogens with zero attached hydrogens (tertiary/aromatic N) is 4. The lowest BCUT2D eigenvalue weighted by Gasteiger charge is -2.11. The highest BCUT2D eigenvalue weighted by molar-refractivity contribution is 5.93. The first kappa shape index (κ1) is 27.7. The standard InChI is InChI=1S/C31H29FN4O5/c1-38-15-14-36-27-17-22(31(37)40-3)11-12-26(27)34-28(36)18-20-9-10-21(16-24(20)32)25-7-4-8-29(35-25)41-19-23-6-5-13-33-30(23)39-2/h4-13,16-17H,14-15,18-19H2,1-3H3. The Hall–Kier alpha value is -4.83. The molecule has 10 heteroatoms. The van der Waals surface area contributed by atoms with Crippen molar-refractivity contribution in [3.05, 3.63) is 101 Å². The molecule has 5 aromatic rings. The molecule has 210 valence electrons. The van der Waals surface area contributed by atoms with E-state index < -0.39 is 5.97 Å². The molecule has 0 saturated heterocycles. The summed E-state index contributed by atoms with van der Waals surface area (Å²) >= 11 is 0. The third-order valence-corrected chi connectivity index (χ3v) is 6.61. The average molecular weight is 557 g/mol. The molecule has 0 bridgehead atoms. The van der Waals surface area contributed by atoms with Gasteiger partial charge in [-0.05, 0) is 48.0 Å². The smallest absolute Gasteiger partial charge is 0.337 e. The van der Waals surface area contributed by atoms with Crippen LogP contribution in [0.4, 0.5) is 4.39 Å². The zero-order valence-corrected chi connectivity index (χ0v) is 23.0. The Morgan fingerprint density at radius 3 is 2.61 bits per heavy atom. The maximum atomic E-state index is 15.4. The number of carbonyl (C=O) groups is 1. The van der Waals surface area contributed by atoms with Crippen molar-refractivity contribution in [3.8, 4) is 23.0 Å². The van der Waals surface area contributed by atoms with Crippen LogP contribution in [0.1, 0.15) is 27.3 Å². The first-order valence-corrected chi connectivity index (χ1v) is 12.9. The Balaban J connectivity index is 1.38. The van der Waals surface area contributed by atoms with Crippen LogP contribution in [0.2, 0.25) is 0 Å². The number of halogens is 1. The Kier molecular flexibility index (Phi) is 8.50. The fraction of sp³-hybridized carbons (Fsp3) is 0.226. The Bertz CT molecular complexity index is 1690. The third-order valence-electron chi connectivity index (χ3n) is 6.61. The van der Waals surface area contributed by atoms with Crippen LogP contribution in [0.25, 0.3) is 22.3 Å². The Labute approximate surface area is 236 Å². The summed E-state index contributed by atoms with van der Waals surface area (Å²) in [4.78, 5) is 25.5. The van der Waals surface area contributed by atoms with Crippen molar-refractivity contribution in [1.82, 2.24) is 19.5 Å². The van der Waals surface area contributed by atoms with Crippen molar-refractivity contribution in [2.24, 2.45) is 0 Å². The summed E-state index contributed by atoms with van der Waals surface area (Å²) in [5.74, 6) is 0.730.